The summed E-state index contributed by atoms with van der Waals surface area (Å²) in [7, 11) is 0. The highest BCUT2D eigenvalue weighted by Crippen LogP contribution is 2.21. The first-order chi connectivity index (χ1) is 24.2. The normalized spacial score (nSPS) is 12.5. The average Bonchev–Trinajstić information content (AvgIpc) is 3.11. The zero-order valence-corrected chi connectivity index (χ0v) is 34.6. The van der Waals surface area contributed by atoms with Crippen molar-refractivity contribution in [1.82, 2.24) is 4.90 Å². The van der Waals surface area contributed by atoms with Crippen molar-refractivity contribution in [3.05, 3.63) is 23.3 Å². The molecule has 0 bridgehead atoms. The Morgan fingerprint density at radius 3 is 1.02 bits per heavy atom. The van der Waals surface area contributed by atoms with Gasteiger partial charge in [-0.1, -0.05) is 179 Å². The van der Waals surface area contributed by atoms with Crippen LogP contribution in [0.1, 0.15) is 252 Å². The van der Waals surface area contributed by atoms with Gasteiger partial charge < -0.3 is 10.0 Å². The number of nitrogens with zero attached hydrogens (tertiary/aromatic N) is 1. The standard InChI is InChI=1S/C47H93NO/c1-5-9-13-15-21-29-38-46(36-27-11-7-3)40-31-23-17-19-25-33-42-48(44-35-45-49)43-34-26-20-18-24-32-41-47(37-28-12-8-4)39-30-22-16-14-10-6-2/h40-41,49H,5-39,42-45H2,1-4H3/b46-40+,47-41+. The van der Waals surface area contributed by atoms with Gasteiger partial charge in [0, 0.05) is 13.2 Å². The van der Waals surface area contributed by atoms with E-state index in [1.54, 1.807) is 11.1 Å². The molecule has 0 aromatic heterocycles. The zero-order valence-electron chi connectivity index (χ0n) is 34.6. The summed E-state index contributed by atoms with van der Waals surface area (Å²) in [4.78, 5) is 2.65. The number of hydrogen-bond acceptors (Lipinski definition) is 2. The molecule has 0 atom stereocenters. The van der Waals surface area contributed by atoms with Crippen LogP contribution in [0.15, 0.2) is 23.3 Å². The lowest BCUT2D eigenvalue weighted by atomic mass is 9.98. The monoisotopic (exact) mass is 688 g/mol. The molecule has 2 nitrogen and oxygen atoms in total. The van der Waals surface area contributed by atoms with Gasteiger partial charge in [-0.2, -0.15) is 0 Å². The van der Waals surface area contributed by atoms with Crippen molar-refractivity contribution < 1.29 is 5.11 Å². The summed E-state index contributed by atoms with van der Waals surface area (Å²) in [5.41, 5.74) is 3.54. The van der Waals surface area contributed by atoms with Crippen molar-refractivity contribution >= 4 is 0 Å². The van der Waals surface area contributed by atoms with E-state index in [4.69, 9.17) is 0 Å². The van der Waals surface area contributed by atoms with Crippen molar-refractivity contribution in [3.63, 3.8) is 0 Å². The van der Waals surface area contributed by atoms with Crippen LogP contribution in [0.5, 0.6) is 0 Å². The highest BCUT2D eigenvalue weighted by atomic mass is 16.3. The van der Waals surface area contributed by atoms with Gasteiger partial charge in [-0.3, -0.25) is 0 Å². The predicted molar refractivity (Wildman–Crippen MR) is 224 cm³/mol. The number of aliphatic hydroxyl groups excluding tert-OH is 1. The van der Waals surface area contributed by atoms with Crippen LogP contribution < -0.4 is 0 Å². The molecule has 0 radical (unpaired) electrons. The van der Waals surface area contributed by atoms with Crippen molar-refractivity contribution in [1.29, 1.82) is 0 Å². The highest BCUT2D eigenvalue weighted by molar-refractivity contribution is 5.02. The fraction of sp³-hybridized carbons (Fsp3) is 0.915. The summed E-state index contributed by atoms with van der Waals surface area (Å²) in [5, 5.41) is 9.44. The second kappa shape index (κ2) is 41.8. The SMILES string of the molecule is CCCCCCCC/C(=C/CCCCCCCN(CCCO)CCCCCCC/C=C(\CCCCC)CCCCCCCC)CCCCC. The van der Waals surface area contributed by atoms with E-state index in [0.29, 0.717) is 6.61 Å². The summed E-state index contributed by atoms with van der Waals surface area (Å²) in [6.07, 6.45) is 53.1. The van der Waals surface area contributed by atoms with E-state index >= 15 is 0 Å². The van der Waals surface area contributed by atoms with E-state index in [9.17, 15) is 5.11 Å². The Morgan fingerprint density at radius 1 is 0.347 bits per heavy atom. The van der Waals surface area contributed by atoms with E-state index in [0.717, 1.165) is 13.0 Å². The van der Waals surface area contributed by atoms with Crippen LogP contribution in [-0.2, 0) is 0 Å². The van der Waals surface area contributed by atoms with Crippen molar-refractivity contribution in [2.75, 3.05) is 26.2 Å². The summed E-state index contributed by atoms with van der Waals surface area (Å²) < 4.78 is 0. The molecular formula is C47H93NO. The predicted octanol–water partition coefficient (Wildman–Crippen LogP) is 15.9. The summed E-state index contributed by atoms with van der Waals surface area (Å²) >= 11 is 0. The third kappa shape index (κ3) is 37.0. The van der Waals surface area contributed by atoms with Crippen LogP contribution in [0, 0.1) is 0 Å². The largest absolute Gasteiger partial charge is 0.396 e. The molecule has 2 heteroatoms. The molecule has 49 heavy (non-hydrogen) atoms. The van der Waals surface area contributed by atoms with E-state index in [1.807, 2.05) is 0 Å². The van der Waals surface area contributed by atoms with Gasteiger partial charge in [0.2, 0.25) is 0 Å². The molecule has 292 valence electrons. The van der Waals surface area contributed by atoms with Crippen LogP contribution in [0.25, 0.3) is 0 Å². The molecule has 0 amide bonds. The number of unbranched alkanes of at least 4 members (excludes halogenated alkanes) is 24. The molecule has 0 aromatic rings. The van der Waals surface area contributed by atoms with Crippen molar-refractivity contribution in [3.8, 4) is 0 Å². The van der Waals surface area contributed by atoms with E-state index in [1.165, 1.54) is 231 Å². The van der Waals surface area contributed by atoms with Crippen LogP contribution in [0.3, 0.4) is 0 Å². The number of allylic oxidation sites excluding steroid dienone is 4. The van der Waals surface area contributed by atoms with E-state index < -0.39 is 0 Å². The maximum atomic E-state index is 9.44. The highest BCUT2D eigenvalue weighted by Gasteiger charge is 2.05. The summed E-state index contributed by atoms with van der Waals surface area (Å²) in [5.74, 6) is 0. The maximum absolute atomic E-state index is 9.44. The second-order valence-corrected chi connectivity index (χ2v) is 15.7. The molecule has 0 unspecified atom stereocenters. The number of hydrogen-bond donors (Lipinski definition) is 1. The van der Waals surface area contributed by atoms with Gasteiger partial charge in [0.25, 0.3) is 0 Å². The zero-order chi connectivity index (χ0) is 35.7. The van der Waals surface area contributed by atoms with E-state index in [-0.39, 0.29) is 0 Å². The maximum Gasteiger partial charge on any atom is 0.0443 e. The Kier molecular flexibility index (Phi) is 41.3. The molecule has 0 spiro atoms. The number of rotatable bonds is 41. The Balaban J connectivity index is 4.16. The van der Waals surface area contributed by atoms with Gasteiger partial charge in [-0.05, 0) is 109 Å². The van der Waals surface area contributed by atoms with Crippen LogP contribution >= 0.6 is 0 Å². The van der Waals surface area contributed by atoms with Crippen LogP contribution in [0.4, 0.5) is 0 Å². The molecule has 0 heterocycles. The molecule has 0 saturated carbocycles. The first kappa shape index (κ1) is 48.4. The second-order valence-electron chi connectivity index (χ2n) is 15.7. The molecule has 0 fully saturated rings. The van der Waals surface area contributed by atoms with Gasteiger partial charge in [-0.25, -0.2) is 0 Å². The Labute approximate surface area is 311 Å². The lowest BCUT2D eigenvalue weighted by Gasteiger charge is -2.22. The third-order valence-corrected chi connectivity index (χ3v) is 10.8. The lowest BCUT2D eigenvalue weighted by Crippen LogP contribution is -2.27. The Morgan fingerprint density at radius 2 is 0.633 bits per heavy atom. The van der Waals surface area contributed by atoms with Gasteiger partial charge in [0.15, 0.2) is 0 Å². The van der Waals surface area contributed by atoms with Crippen molar-refractivity contribution in [2.45, 2.75) is 252 Å². The van der Waals surface area contributed by atoms with Gasteiger partial charge in [0.05, 0.1) is 0 Å². The summed E-state index contributed by atoms with van der Waals surface area (Å²) in [6, 6.07) is 0. The first-order valence-corrected chi connectivity index (χ1v) is 22.9. The van der Waals surface area contributed by atoms with E-state index in [2.05, 4.69) is 44.7 Å². The molecule has 1 N–H and O–H groups in total. The van der Waals surface area contributed by atoms with Gasteiger partial charge in [-0.15, -0.1) is 0 Å². The van der Waals surface area contributed by atoms with Crippen LogP contribution in [0.2, 0.25) is 0 Å². The average molecular weight is 688 g/mol. The van der Waals surface area contributed by atoms with Gasteiger partial charge in [0.1, 0.15) is 0 Å². The van der Waals surface area contributed by atoms with Gasteiger partial charge >= 0.3 is 0 Å². The lowest BCUT2D eigenvalue weighted by molar-refractivity contribution is 0.217. The quantitative estimate of drug-likeness (QED) is 0.0511. The smallest absolute Gasteiger partial charge is 0.0443 e. The molecule has 0 aliphatic heterocycles. The first-order valence-electron chi connectivity index (χ1n) is 22.9. The molecule has 0 aromatic carbocycles. The fourth-order valence-electron chi connectivity index (χ4n) is 7.39. The fourth-order valence-corrected chi connectivity index (χ4v) is 7.39. The topological polar surface area (TPSA) is 23.5 Å². The third-order valence-electron chi connectivity index (χ3n) is 10.8. The minimum Gasteiger partial charge on any atom is -0.396 e. The minimum atomic E-state index is 0.329. The molecular weight excluding hydrogens is 595 g/mol. The summed E-state index contributed by atoms with van der Waals surface area (Å²) in [6.45, 7) is 13.1. The Hall–Kier alpha value is -0.600. The molecule has 0 rings (SSSR count). The van der Waals surface area contributed by atoms with Crippen molar-refractivity contribution in [2.24, 2.45) is 0 Å². The molecule has 0 aliphatic carbocycles. The minimum absolute atomic E-state index is 0.329. The molecule has 0 saturated heterocycles. The van der Waals surface area contributed by atoms with Crippen LogP contribution in [-0.4, -0.2) is 36.2 Å². The molecule has 0 aliphatic rings. The Bertz CT molecular complexity index is 628. The number of aliphatic hydroxyl groups is 1.